The number of allylic oxidation sites excluding steroid dienone is 1. The Morgan fingerprint density at radius 3 is 2.85 bits per heavy atom. The molecule has 4 nitrogen and oxygen atoms in total. The molecule has 3 rings (SSSR count). The Balaban J connectivity index is 1.87. The van der Waals surface area contributed by atoms with Gasteiger partial charge in [0, 0.05) is 17.7 Å². The van der Waals surface area contributed by atoms with Crippen molar-refractivity contribution >= 4 is 52.8 Å². The van der Waals surface area contributed by atoms with Crippen LogP contribution in [-0.4, -0.2) is 23.4 Å². The van der Waals surface area contributed by atoms with Gasteiger partial charge in [-0.25, -0.2) is 0 Å². The summed E-state index contributed by atoms with van der Waals surface area (Å²) in [7, 11) is 1.50. The van der Waals surface area contributed by atoms with E-state index < -0.39 is 4.21 Å². The van der Waals surface area contributed by atoms with Crippen LogP contribution >= 0.6 is 35.0 Å². The van der Waals surface area contributed by atoms with Gasteiger partial charge in [-0.15, -0.1) is 0 Å². The molecule has 1 aliphatic heterocycles. The molecule has 1 amide bonds. The highest BCUT2D eigenvalue weighted by atomic mass is 35.5. The van der Waals surface area contributed by atoms with E-state index in [1.54, 1.807) is 12.3 Å². The van der Waals surface area contributed by atoms with Crippen LogP contribution in [0.4, 0.5) is 5.69 Å². The van der Waals surface area contributed by atoms with Gasteiger partial charge < -0.3 is 10.2 Å². The van der Waals surface area contributed by atoms with Crippen LogP contribution in [0.25, 0.3) is 11.1 Å². The lowest BCUT2D eigenvalue weighted by atomic mass is 10.0. The second kappa shape index (κ2) is 8.16. The second-order valence-electron chi connectivity index (χ2n) is 5.59. The molecule has 0 saturated heterocycles. The van der Waals surface area contributed by atoms with Crippen LogP contribution < -0.4 is 5.32 Å². The molecule has 1 N–H and O–H groups in total. The highest BCUT2D eigenvalue weighted by molar-refractivity contribution is 8.08. The molecule has 134 valence electrons. The number of benzene rings is 2. The molecule has 2 aromatic carbocycles. The Bertz CT molecular complexity index is 885. The van der Waals surface area contributed by atoms with Gasteiger partial charge in [0.1, 0.15) is 7.11 Å². The monoisotopic (exact) mass is 406 g/mol. The van der Waals surface area contributed by atoms with E-state index in [2.05, 4.69) is 10.5 Å². The highest BCUT2D eigenvalue weighted by Gasteiger charge is 2.41. The number of nitrogens with one attached hydrogen (secondary N) is 1. The summed E-state index contributed by atoms with van der Waals surface area (Å²) in [4.78, 5) is 17.4. The summed E-state index contributed by atoms with van der Waals surface area (Å²) in [6.45, 7) is 0. The van der Waals surface area contributed by atoms with Gasteiger partial charge >= 0.3 is 0 Å². The van der Waals surface area contributed by atoms with E-state index in [4.69, 9.17) is 28.0 Å². The number of para-hydroxylation sites is 1. The fourth-order valence-electron chi connectivity index (χ4n) is 2.55. The first-order valence-corrected chi connectivity index (χ1v) is 9.40. The van der Waals surface area contributed by atoms with Crippen LogP contribution in [-0.2, 0) is 9.63 Å². The molecule has 1 atom stereocenters. The van der Waals surface area contributed by atoms with Crippen molar-refractivity contribution in [3.8, 4) is 11.1 Å². The van der Waals surface area contributed by atoms with Crippen LogP contribution in [0.15, 0.2) is 64.1 Å². The van der Waals surface area contributed by atoms with Gasteiger partial charge in [0.05, 0.1) is 10.6 Å². The lowest BCUT2D eigenvalue weighted by Gasteiger charge is -2.20. The molecule has 0 fully saturated rings. The molecule has 1 unspecified atom stereocenters. The van der Waals surface area contributed by atoms with Gasteiger partial charge in [-0.3, -0.25) is 4.79 Å². The molecule has 1 aliphatic rings. The highest BCUT2D eigenvalue weighted by Crippen LogP contribution is 2.47. The van der Waals surface area contributed by atoms with E-state index in [0.717, 1.165) is 28.5 Å². The Morgan fingerprint density at radius 2 is 2.12 bits per heavy atom. The third kappa shape index (κ3) is 4.23. The zero-order valence-electron chi connectivity index (χ0n) is 13.9. The van der Waals surface area contributed by atoms with Crippen LogP contribution in [0.3, 0.4) is 0 Å². The average molecular weight is 407 g/mol. The zero-order chi connectivity index (χ0) is 18.6. The molecule has 0 aromatic heterocycles. The minimum atomic E-state index is -1.11. The largest absolute Gasteiger partial charge is 0.399 e. The number of hydrogen-bond donors (Lipinski definition) is 1. The molecule has 0 saturated carbocycles. The number of hydrogen-bond acceptors (Lipinski definition) is 4. The summed E-state index contributed by atoms with van der Waals surface area (Å²) < 4.78 is -0.578. The van der Waals surface area contributed by atoms with Gasteiger partial charge in [0.25, 0.3) is 5.91 Å². The second-order valence-corrected chi connectivity index (χ2v) is 8.43. The van der Waals surface area contributed by atoms with Crippen LogP contribution in [0.5, 0.6) is 0 Å². The van der Waals surface area contributed by atoms with Crippen molar-refractivity contribution in [1.29, 1.82) is 0 Å². The first-order chi connectivity index (χ1) is 12.5. The molecule has 2 aromatic rings. The van der Waals surface area contributed by atoms with Crippen molar-refractivity contribution in [2.45, 2.75) is 10.6 Å². The first kappa shape index (κ1) is 18.8. The summed E-state index contributed by atoms with van der Waals surface area (Å²) in [5.74, 6) is -0.291. The average Bonchev–Trinajstić information content (AvgIpc) is 3.01. The number of anilines is 1. The SMILES string of the molecule is CON=Cc1cccc(-c2ccccc2NC(=O)C2(Cl)CC=C(Cl)S2)c1. The molecule has 0 radical (unpaired) electrons. The fourth-order valence-corrected chi connectivity index (χ4v) is 4.30. The van der Waals surface area contributed by atoms with Crippen molar-refractivity contribution in [2.75, 3.05) is 12.4 Å². The summed E-state index contributed by atoms with van der Waals surface area (Å²) in [5, 5.41) is 6.72. The minimum absolute atomic E-state index is 0.291. The summed E-state index contributed by atoms with van der Waals surface area (Å²) >= 11 is 13.6. The molecule has 0 bridgehead atoms. The van der Waals surface area contributed by atoms with Crippen molar-refractivity contribution in [2.24, 2.45) is 5.16 Å². The number of alkyl halides is 1. The van der Waals surface area contributed by atoms with Gasteiger partial charge in [0.15, 0.2) is 4.21 Å². The Labute approximate surface area is 166 Å². The van der Waals surface area contributed by atoms with Crippen molar-refractivity contribution < 1.29 is 9.63 Å². The van der Waals surface area contributed by atoms with Gasteiger partial charge in [-0.2, -0.15) is 0 Å². The number of nitrogens with zero attached hydrogens (tertiary/aromatic N) is 1. The Morgan fingerprint density at radius 1 is 1.31 bits per heavy atom. The fraction of sp³-hybridized carbons (Fsp3) is 0.158. The first-order valence-electron chi connectivity index (χ1n) is 7.83. The molecule has 0 spiro atoms. The predicted octanol–water partition coefficient (Wildman–Crippen LogP) is 5.42. The van der Waals surface area contributed by atoms with Crippen LogP contribution in [0.1, 0.15) is 12.0 Å². The third-order valence-corrected chi connectivity index (χ3v) is 5.78. The van der Waals surface area contributed by atoms with E-state index in [1.165, 1.54) is 7.11 Å². The van der Waals surface area contributed by atoms with E-state index in [0.29, 0.717) is 16.5 Å². The summed E-state index contributed by atoms with van der Waals surface area (Å²) in [5.41, 5.74) is 3.40. The number of halogens is 2. The number of carbonyl (C=O) groups is 1. The molecule has 0 aliphatic carbocycles. The minimum Gasteiger partial charge on any atom is -0.399 e. The maximum Gasteiger partial charge on any atom is 0.256 e. The molecule has 26 heavy (non-hydrogen) atoms. The van der Waals surface area contributed by atoms with E-state index >= 15 is 0 Å². The number of thioether (sulfide) groups is 1. The van der Waals surface area contributed by atoms with Gasteiger partial charge in [-0.1, -0.05) is 82.6 Å². The van der Waals surface area contributed by atoms with Crippen LogP contribution in [0, 0.1) is 0 Å². The van der Waals surface area contributed by atoms with E-state index in [9.17, 15) is 4.79 Å². The zero-order valence-corrected chi connectivity index (χ0v) is 16.2. The summed E-state index contributed by atoms with van der Waals surface area (Å²) in [6, 6.07) is 15.3. The van der Waals surface area contributed by atoms with E-state index in [-0.39, 0.29) is 5.91 Å². The maximum atomic E-state index is 12.7. The van der Waals surface area contributed by atoms with Crippen molar-refractivity contribution in [3.63, 3.8) is 0 Å². The molecular weight excluding hydrogens is 391 g/mol. The number of rotatable bonds is 5. The topological polar surface area (TPSA) is 50.7 Å². The van der Waals surface area contributed by atoms with Crippen molar-refractivity contribution in [1.82, 2.24) is 0 Å². The Hall–Kier alpha value is -1.95. The molecule has 7 heteroatoms. The number of carbonyl (C=O) groups excluding carboxylic acids is 1. The quantitative estimate of drug-likeness (QED) is 0.409. The van der Waals surface area contributed by atoms with E-state index in [1.807, 2.05) is 48.5 Å². The standard InChI is InChI=1S/C19H16Cl2N2O2S/c1-25-22-12-13-5-4-6-14(11-13)15-7-2-3-8-16(15)23-18(24)19(21)10-9-17(20)26-19/h2-9,11-12H,10H2,1H3,(H,23,24). The maximum absolute atomic E-state index is 12.7. The van der Waals surface area contributed by atoms with Crippen LogP contribution in [0.2, 0.25) is 0 Å². The van der Waals surface area contributed by atoms with Crippen molar-refractivity contribution in [3.05, 3.63) is 64.5 Å². The lowest BCUT2D eigenvalue weighted by molar-refractivity contribution is -0.116. The normalized spacial score (nSPS) is 19.4. The van der Waals surface area contributed by atoms with Gasteiger partial charge in [0.2, 0.25) is 0 Å². The third-order valence-electron chi connectivity index (χ3n) is 3.80. The Kier molecular flexibility index (Phi) is 5.91. The smallest absolute Gasteiger partial charge is 0.256 e. The summed E-state index contributed by atoms with van der Waals surface area (Å²) in [6.07, 6.45) is 3.76. The predicted molar refractivity (Wildman–Crippen MR) is 110 cm³/mol. The molecular formula is C19H16Cl2N2O2S. The lowest BCUT2D eigenvalue weighted by Crippen LogP contribution is -2.32. The number of oxime groups is 1. The molecule has 1 heterocycles. The van der Waals surface area contributed by atoms with Gasteiger partial charge in [-0.05, 0) is 23.3 Å². The number of amides is 1.